The Morgan fingerprint density at radius 2 is 0.469 bits per heavy atom. The van der Waals surface area contributed by atoms with Gasteiger partial charge in [0.15, 0.2) is 0 Å². The minimum absolute atomic E-state index is 0. The summed E-state index contributed by atoms with van der Waals surface area (Å²) in [6, 6.07) is 16.7. The number of ether oxygens (including phenoxy) is 6. The molecule has 0 aliphatic rings. The normalized spacial score (nSPS) is 11.3. The van der Waals surface area contributed by atoms with Crippen LogP contribution in [0.4, 0.5) is 0 Å². The van der Waals surface area contributed by atoms with Crippen molar-refractivity contribution in [2.24, 2.45) is 0 Å². The van der Waals surface area contributed by atoms with Gasteiger partial charge in [0, 0.05) is 18.2 Å². The van der Waals surface area contributed by atoms with Crippen LogP contribution in [0.2, 0.25) is 0 Å². The summed E-state index contributed by atoms with van der Waals surface area (Å²) in [7, 11) is 0. The second kappa shape index (κ2) is 34.1. The van der Waals surface area contributed by atoms with Gasteiger partial charge >= 0.3 is 17.4 Å². The molecule has 0 unspecified atom stereocenters. The maximum Gasteiger partial charge on any atom is 3.00 e. The van der Waals surface area contributed by atoms with Crippen LogP contribution in [0.25, 0.3) is 0 Å². The van der Waals surface area contributed by atoms with E-state index in [0.29, 0.717) is 39.6 Å². The topological polar surface area (TPSA) is 152 Å². The minimum atomic E-state index is -0.910. The Morgan fingerprint density at radius 1 is 0.312 bits per heavy atom. The van der Waals surface area contributed by atoms with Gasteiger partial charge in [0.25, 0.3) is 0 Å². The number of benzene rings is 3. The molecule has 0 N–H and O–H groups in total. The van der Waals surface area contributed by atoms with Gasteiger partial charge in [-0.15, -0.1) is 0 Å². The van der Waals surface area contributed by atoms with Crippen LogP contribution in [-0.4, -0.2) is 57.0 Å². The molecular formula is C51H81AlO12. The van der Waals surface area contributed by atoms with Crippen molar-refractivity contribution in [3.8, 4) is 34.5 Å². The maximum atomic E-state index is 10.9. The molecule has 0 amide bonds. The number of unbranched alkanes of at least 4 members (excludes halogenated alkanes) is 6. The molecule has 0 heterocycles. The van der Waals surface area contributed by atoms with Crippen LogP contribution < -0.4 is 44.2 Å². The van der Waals surface area contributed by atoms with Gasteiger partial charge in [0.1, 0.15) is 34.5 Å². The van der Waals surface area contributed by atoms with E-state index in [1.807, 2.05) is 54.6 Å². The molecule has 360 valence electrons. The van der Waals surface area contributed by atoms with Gasteiger partial charge in [-0.1, -0.05) is 80.1 Å². The fourth-order valence-electron chi connectivity index (χ4n) is 5.41. The maximum absolute atomic E-state index is 10.9. The molecule has 0 bridgehead atoms. The standard InChI is InChI=1S/3C17H28O4.Al/c3*1-5-7-9-19-15-11-14(17(3,4)21-18)12-16(13-15)20-10-8-6-2;/h3*11-13,18H,5-10H2,1-4H3;/q;;;+3/p-3. The first kappa shape index (κ1) is 60.8. The van der Waals surface area contributed by atoms with E-state index in [2.05, 4.69) is 56.2 Å². The summed E-state index contributed by atoms with van der Waals surface area (Å²) in [5.74, 6) is 4.32. The zero-order chi connectivity index (χ0) is 47.2. The molecule has 0 aliphatic carbocycles. The van der Waals surface area contributed by atoms with Crippen molar-refractivity contribution in [2.75, 3.05) is 39.6 Å². The quantitative estimate of drug-likeness (QED) is 0.0271. The van der Waals surface area contributed by atoms with Gasteiger partial charge in [-0.25, -0.2) is 0 Å². The minimum Gasteiger partial charge on any atom is -0.723 e. The van der Waals surface area contributed by atoms with Crippen molar-refractivity contribution in [3.05, 3.63) is 71.3 Å². The molecule has 0 aliphatic heterocycles. The third-order valence-corrected chi connectivity index (χ3v) is 9.95. The molecule has 0 aromatic heterocycles. The van der Waals surface area contributed by atoms with E-state index in [0.717, 1.165) is 128 Å². The third-order valence-electron chi connectivity index (χ3n) is 9.95. The zero-order valence-corrected chi connectivity index (χ0v) is 42.6. The van der Waals surface area contributed by atoms with Crippen LogP contribution in [0.3, 0.4) is 0 Å². The SMILES string of the molecule is CCCCOc1cc(OCCCC)cc(C(C)(C)O[O-])c1.CCCCOc1cc(OCCCC)cc(C(C)(C)O[O-])c1.CCCCOc1cc(OCCCC)cc(C(C)(C)O[O-])c1.[Al+3]. The summed E-state index contributed by atoms with van der Waals surface area (Å²) >= 11 is 0. The van der Waals surface area contributed by atoms with E-state index in [-0.39, 0.29) is 17.4 Å². The van der Waals surface area contributed by atoms with Gasteiger partial charge in [-0.2, -0.15) is 0 Å². The molecule has 0 fully saturated rings. The van der Waals surface area contributed by atoms with Crippen molar-refractivity contribution in [3.63, 3.8) is 0 Å². The molecule has 3 aromatic carbocycles. The number of hydrogen-bond acceptors (Lipinski definition) is 12. The summed E-state index contributed by atoms with van der Waals surface area (Å²) in [6.45, 7) is 27.1. The Bertz CT molecular complexity index is 1360. The fourth-order valence-corrected chi connectivity index (χ4v) is 5.41. The van der Waals surface area contributed by atoms with Crippen molar-refractivity contribution >= 4 is 17.4 Å². The smallest absolute Gasteiger partial charge is 0.723 e. The van der Waals surface area contributed by atoms with Gasteiger partial charge in [0.05, 0.1) is 56.4 Å². The van der Waals surface area contributed by atoms with Crippen LogP contribution in [0.15, 0.2) is 54.6 Å². The second-order valence-corrected chi connectivity index (χ2v) is 17.1. The van der Waals surface area contributed by atoms with Crippen molar-refractivity contribution in [1.29, 1.82) is 0 Å². The van der Waals surface area contributed by atoms with Gasteiger partial charge in [-0.3, -0.25) is 0 Å². The van der Waals surface area contributed by atoms with Crippen LogP contribution >= 0.6 is 0 Å². The van der Waals surface area contributed by atoms with E-state index >= 15 is 0 Å². The Hall–Kier alpha value is -3.25. The Balaban J connectivity index is 0.000000923. The molecule has 13 heteroatoms. The molecule has 3 rings (SSSR count). The summed E-state index contributed by atoms with van der Waals surface area (Å²) in [4.78, 5) is 13.0. The van der Waals surface area contributed by atoms with Crippen LogP contribution in [0.5, 0.6) is 34.5 Å². The van der Waals surface area contributed by atoms with Crippen LogP contribution in [0, 0.1) is 0 Å². The first-order valence-electron chi connectivity index (χ1n) is 23.3. The van der Waals surface area contributed by atoms with Gasteiger partial charge < -0.3 is 58.9 Å². The zero-order valence-electron chi connectivity index (χ0n) is 41.4. The first-order chi connectivity index (χ1) is 30.1. The average molecular weight is 913 g/mol. The molecule has 0 saturated carbocycles. The molecule has 3 aromatic rings. The van der Waals surface area contributed by atoms with E-state index in [4.69, 9.17) is 28.4 Å². The first-order valence-corrected chi connectivity index (χ1v) is 23.3. The number of rotatable bonds is 30. The van der Waals surface area contributed by atoms with Crippen LogP contribution in [0.1, 0.15) is 177 Å². The Kier molecular flexibility index (Phi) is 32.4. The largest absolute Gasteiger partial charge is 3.00 e. The van der Waals surface area contributed by atoms with Crippen molar-refractivity contribution in [2.45, 2.75) is 177 Å². The number of hydrogen-bond donors (Lipinski definition) is 0. The monoisotopic (exact) mass is 913 g/mol. The van der Waals surface area contributed by atoms with Gasteiger partial charge in [-0.05, 0) is 133 Å². The predicted molar refractivity (Wildman–Crippen MR) is 250 cm³/mol. The molecule has 0 atom stereocenters. The Labute approximate surface area is 397 Å². The Morgan fingerprint density at radius 3 is 0.594 bits per heavy atom. The predicted octanol–water partition coefficient (Wildman–Crippen LogP) is 10.3. The third kappa shape index (κ3) is 24.3. The summed E-state index contributed by atoms with van der Waals surface area (Å²) in [5.41, 5.74) is -0.443. The van der Waals surface area contributed by atoms with Crippen molar-refractivity contribution in [1.82, 2.24) is 0 Å². The van der Waals surface area contributed by atoms with E-state index in [1.165, 1.54) is 0 Å². The molecule has 12 nitrogen and oxygen atoms in total. The van der Waals surface area contributed by atoms with Crippen LogP contribution in [-0.2, 0) is 31.5 Å². The average Bonchev–Trinajstić information content (AvgIpc) is 3.27. The molecule has 64 heavy (non-hydrogen) atoms. The van der Waals surface area contributed by atoms with E-state index in [9.17, 15) is 15.8 Å². The molecular weight excluding hydrogens is 832 g/mol. The summed E-state index contributed by atoms with van der Waals surface area (Å²) in [6.07, 6.45) is 12.5. The summed E-state index contributed by atoms with van der Waals surface area (Å²) in [5, 5.41) is 32.7. The molecule has 0 radical (unpaired) electrons. The molecule has 0 saturated heterocycles. The fraction of sp³-hybridized carbons (Fsp3) is 0.647. The summed E-state index contributed by atoms with van der Waals surface area (Å²) < 4.78 is 34.4. The second-order valence-electron chi connectivity index (χ2n) is 17.1. The molecule has 0 spiro atoms. The van der Waals surface area contributed by atoms with E-state index in [1.54, 1.807) is 41.5 Å². The van der Waals surface area contributed by atoms with Gasteiger partial charge in [0.2, 0.25) is 0 Å². The van der Waals surface area contributed by atoms with Crippen molar-refractivity contribution < 1.29 is 58.9 Å². The van der Waals surface area contributed by atoms with E-state index < -0.39 is 16.8 Å².